The first-order valence-corrected chi connectivity index (χ1v) is 1.98. The van der Waals surface area contributed by atoms with Gasteiger partial charge in [-0.25, -0.2) is 4.99 Å². The first kappa shape index (κ1) is 4.39. The van der Waals surface area contributed by atoms with E-state index in [1.54, 1.807) is 12.1 Å². The van der Waals surface area contributed by atoms with Crippen LogP contribution in [-0.4, -0.2) is 24.8 Å². The van der Waals surface area contributed by atoms with E-state index >= 15 is 0 Å². The average molecular weight is 101 g/mol. The molecule has 2 N–H and O–H groups in total. The van der Waals surface area contributed by atoms with Crippen molar-refractivity contribution in [3.63, 3.8) is 0 Å². The summed E-state index contributed by atoms with van der Waals surface area (Å²) >= 11 is 0. The van der Waals surface area contributed by atoms with Crippen molar-refractivity contribution in [2.45, 2.75) is 0 Å². The van der Waals surface area contributed by atoms with Crippen LogP contribution in [0.2, 0.25) is 0 Å². The Bertz CT molecular complexity index is 100. The van der Waals surface area contributed by atoms with Crippen LogP contribution >= 0.6 is 0 Å². The molecule has 0 bridgehead atoms. The molecule has 0 saturated heterocycles. The Kier molecular flexibility index (Phi) is 0.867. The summed E-state index contributed by atoms with van der Waals surface area (Å²) in [5, 5.41) is 1.55. The molecule has 7 heavy (non-hydrogen) atoms. The van der Waals surface area contributed by atoms with Gasteiger partial charge in [0.15, 0.2) is 0 Å². The molecule has 0 fully saturated rings. The summed E-state index contributed by atoms with van der Waals surface area (Å²) < 4.78 is 0. The molecule has 1 aliphatic rings. The van der Waals surface area contributed by atoms with Gasteiger partial charge in [-0.1, -0.05) is 0 Å². The number of hydroxylamine groups is 2. The zero-order valence-corrected chi connectivity index (χ0v) is 4.09. The fourth-order valence-electron chi connectivity index (χ4n) is 0.387. The third-order valence-electron chi connectivity index (χ3n) is 0.675. The van der Waals surface area contributed by atoms with Gasteiger partial charge in [0, 0.05) is 7.05 Å². The zero-order valence-electron chi connectivity index (χ0n) is 4.09. The monoisotopic (exact) mass is 101 g/mol. The maximum Gasteiger partial charge on any atom is 0.304 e. The standard InChI is InChI=1S/C3H7N3O/c1-6-2-5-3(4)7-6/h2H2,1H3,(H2,4,5). The Morgan fingerprint density at radius 1 is 2.00 bits per heavy atom. The van der Waals surface area contributed by atoms with Crippen LogP contribution in [0.25, 0.3) is 0 Å². The number of hydrogen-bond donors (Lipinski definition) is 1. The lowest BCUT2D eigenvalue weighted by atomic mass is 11.0. The second-order valence-corrected chi connectivity index (χ2v) is 1.36. The van der Waals surface area contributed by atoms with Gasteiger partial charge in [-0.15, -0.1) is 5.06 Å². The highest BCUT2D eigenvalue weighted by molar-refractivity contribution is 5.71. The van der Waals surface area contributed by atoms with E-state index in [0.29, 0.717) is 6.67 Å². The molecular weight excluding hydrogens is 94.1 g/mol. The van der Waals surface area contributed by atoms with Gasteiger partial charge in [-0.3, -0.25) is 0 Å². The maximum atomic E-state index is 5.11. The van der Waals surface area contributed by atoms with Gasteiger partial charge in [0.05, 0.1) is 0 Å². The van der Waals surface area contributed by atoms with E-state index in [1.807, 2.05) is 0 Å². The van der Waals surface area contributed by atoms with Crippen molar-refractivity contribution in [2.75, 3.05) is 13.7 Å². The maximum absolute atomic E-state index is 5.11. The average Bonchev–Trinajstić information content (AvgIpc) is 1.87. The Balaban J connectivity index is 2.42. The number of hydrogen-bond acceptors (Lipinski definition) is 4. The molecule has 4 nitrogen and oxygen atoms in total. The topological polar surface area (TPSA) is 50.8 Å². The second-order valence-electron chi connectivity index (χ2n) is 1.36. The van der Waals surface area contributed by atoms with Crippen LogP contribution < -0.4 is 5.73 Å². The number of rotatable bonds is 0. The summed E-state index contributed by atoms with van der Waals surface area (Å²) in [6, 6.07) is 0.252. The lowest BCUT2D eigenvalue weighted by Gasteiger charge is -2.02. The second kappa shape index (κ2) is 1.38. The van der Waals surface area contributed by atoms with E-state index in [0.717, 1.165) is 0 Å². The lowest BCUT2D eigenvalue weighted by Crippen LogP contribution is -2.19. The van der Waals surface area contributed by atoms with Gasteiger partial charge < -0.3 is 10.6 Å². The quantitative estimate of drug-likeness (QED) is 0.431. The normalized spacial score (nSPS) is 21.6. The van der Waals surface area contributed by atoms with E-state index in [4.69, 9.17) is 10.6 Å². The molecular formula is C3H7N3O. The van der Waals surface area contributed by atoms with Gasteiger partial charge in [0.1, 0.15) is 6.67 Å². The fraction of sp³-hybridized carbons (Fsp3) is 0.667. The molecule has 0 aromatic carbocycles. The molecule has 1 heterocycles. The molecule has 4 heteroatoms. The van der Waals surface area contributed by atoms with Gasteiger partial charge in [0.2, 0.25) is 0 Å². The molecule has 40 valence electrons. The minimum absolute atomic E-state index is 0.252. The molecule has 1 rings (SSSR count). The molecule has 0 aromatic heterocycles. The number of nitrogens with zero attached hydrogens (tertiary/aromatic N) is 2. The van der Waals surface area contributed by atoms with Crippen LogP contribution in [0.4, 0.5) is 0 Å². The minimum atomic E-state index is 0.252. The van der Waals surface area contributed by atoms with Crippen molar-refractivity contribution in [3.8, 4) is 0 Å². The first-order chi connectivity index (χ1) is 3.29. The van der Waals surface area contributed by atoms with Crippen LogP contribution in [0.15, 0.2) is 4.99 Å². The van der Waals surface area contributed by atoms with E-state index in [9.17, 15) is 0 Å². The number of amidine groups is 1. The Morgan fingerprint density at radius 3 is 2.86 bits per heavy atom. The highest BCUT2D eigenvalue weighted by Crippen LogP contribution is 1.92. The molecule has 0 aliphatic carbocycles. The van der Waals surface area contributed by atoms with Crippen molar-refractivity contribution >= 4 is 6.02 Å². The summed E-state index contributed by atoms with van der Waals surface area (Å²) in [6.07, 6.45) is 0. The summed E-state index contributed by atoms with van der Waals surface area (Å²) in [5.41, 5.74) is 5.11. The van der Waals surface area contributed by atoms with Crippen molar-refractivity contribution in [1.29, 1.82) is 0 Å². The van der Waals surface area contributed by atoms with E-state index < -0.39 is 0 Å². The SMILES string of the molecule is CN1CN=C(N)O1. The first-order valence-electron chi connectivity index (χ1n) is 1.98. The smallest absolute Gasteiger partial charge is 0.304 e. The van der Waals surface area contributed by atoms with Crippen LogP contribution in [0.3, 0.4) is 0 Å². The molecule has 1 aliphatic heterocycles. The third-order valence-corrected chi connectivity index (χ3v) is 0.675. The number of nitrogens with two attached hydrogens (primary N) is 1. The molecule has 0 unspecified atom stereocenters. The molecule has 0 aromatic rings. The van der Waals surface area contributed by atoms with Crippen LogP contribution in [0.5, 0.6) is 0 Å². The molecule has 0 saturated carbocycles. The van der Waals surface area contributed by atoms with Crippen molar-refractivity contribution < 1.29 is 4.84 Å². The van der Waals surface area contributed by atoms with E-state index in [2.05, 4.69) is 4.99 Å². The Hall–Kier alpha value is -0.770. The van der Waals surface area contributed by atoms with Gasteiger partial charge in [-0.05, 0) is 0 Å². The highest BCUT2D eigenvalue weighted by atomic mass is 16.7. The third kappa shape index (κ3) is 0.806. The van der Waals surface area contributed by atoms with Crippen LogP contribution in [-0.2, 0) is 4.84 Å². The van der Waals surface area contributed by atoms with Crippen molar-refractivity contribution in [1.82, 2.24) is 5.06 Å². The van der Waals surface area contributed by atoms with Crippen molar-refractivity contribution in [2.24, 2.45) is 10.7 Å². The Labute approximate surface area is 41.5 Å². The predicted octanol–water partition coefficient (Wildman–Crippen LogP) is -0.864. The molecule has 0 radical (unpaired) electrons. The predicted molar refractivity (Wildman–Crippen MR) is 25.3 cm³/mol. The highest BCUT2D eigenvalue weighted by Gasteiger charge is 2.06. The lowest BCUT2D eigenvalue weighted by molar-refractivity contribution is -0.0221. The summed E-state index contributed by atoms with van der Waals surface area (Å²) in [4.78, 5) is 8.44. The zero-order chi connectivity index (χ0) is 5.28. The summed E-state index contributed by atoms with van der Waals surface area (Å²) in [6.45, 7) is 0.547. The van der Waals surface area contributed by atoms with Gasteiger partial charge >= 0.3 is 6.02 Å². The number of aliphatic imine (C=N–C) groups is 1. The molecule has 0 amide bonds. The van der Waals surface area contributed by atoms with Gasteiger partial charge in [-0.2, -0.15) is 0 Å². The molecule has 0 atom stereocenters. The minimum Gasteiger partial charge on any atom is -0.367 e. The van der Waals surface area contributed by atoms with Crippen LogP contribution in [0.1, 0.15) is 0 Å². The molecule has 0 spiro atoms. The van der Waals surface area contributed by atoms with E-state index in [1.165, 1.54) is 0 Å². The van der Waals surface area contributed by atoms with Crippen LogP contribution in [0, 0.1) is 0 Å². The largest absolute Gasteiger partial charge is 0.367 e. The fourth-order valence-corrected chi connectivity index (χ4v) is 0.387. The summed E-state index contributed by atoms with van der Waals surface area (Å²) in [7, 11) is 1.77. The van der Waals surface area contributed by atoms with E-state index in [-0.39, 0.29) is 6.02 Å². The van der Waals surface area contributed by atoms with Crippen molar-refractivity contribution in [3.05, 3.63) is 0 Å². The summed E-state index contributed by atoms with van der Waals surface area (Å²) in [5.74, 6) is 0. The van der Waals surface area contributed by atoms with Gasteiger partial charge in [0.25, 0.3) is 0 Å². The Morgan fingerprint density at radius 2 is 2.71 bits per heavy atom.